The summed E-state index contributed by atoms with van der Waals surface area (Å²) in [4.78, 5) is 6.78. The van der Waals surface area contributed by atoms with Gasteiger partial charge in [0.05, 0.1) is 24.7 Å². The van der Waals surface area contributed by atoms with Gasteiger partial charge in [0.25, 0.3) is 0 Å². The molecule has 1 aromatic carbocycles. The molecule has 5 nitrogen and oxygen atoms in total. The van der Waals surface area contributed by atoms with Crippen molar-refractivity contribution in [3.63, 3.8) is 0 Å². The average Bonchev–Trinajstić information content (AvgIpc) is 3.31. The largest absolute Gasteiger partial charge is 0.490 e. The molecule has 4 rings (SSSR count). The Balaban J connectivity index is 1.17. The number of ether oxygens (including phenoxy) is 2. The summed E-state index contributed by atoms with van der Waals surface area (Å²) in [5, 5.41) is 3.46. The van der Waals surface area contributed by atoms with Gasteiger partial charge >= 0.3 is 0 Å². The highest BCUT2D eigenvalue weighted by Gasteiger charge is 2.20. The number of aromatic nitrogens is 1. The van der Waals surface area contributed by atoms with Crippen LogP contribution >= 0.6 is 0 Å². The van der Waals surface area contributed by atoms with E-state index in [0.717, 1.165) is 50.3 Å². The fourth-order valence-electron chi connectivity index (χ4n) is 4.28. The number of rotatable bonds is 9. The molecule has 0 radical (unpaired) electrons. The molecular formula is C24H32FN3O2. The fourth-order valence-corrected chi connectivity index (χ4v) is 4.28. The zero-order valence-electron chi connectivity index (χ0n) is 17.6. The number of halogens is 1. The molecule has 30 heavy (non-hydrogen) atoms. The van der Waals surface area contributed by atoms with E-state index in [1.807, 2.05) is 12.3 Å². The topological polar surface area (TPSA) is 46.6 Å². The fraction of sp³-hybridized carbons (Fsp3) is 0.542. The van der Waals surface area contributed by atoms with E-state index in [1.54, 1.807) is 18.3 Å². The van der Waals surface area contributed by atoms with E-state index in [0.29, 0.717) is 37.3 Å². The smallest absolute Gasteiger partial charge is 0.139 e. The third kappa shape index (κ3) is 5.92. The Hall–Kier alpha value is -2.18. The number of hydrogen-bond acceptors (Lipinski definition) is 5. The molecule has 0 aliphatic carbocycles. The van der Waals surface area contributed by atoms with Gasteiger partial charge in [-0.3, -0.25) is 4.98 Å². The van der Waals surface area contributed by atoms with Gasteiger partial charge in [-0.2, -0.15) is 0 Å². The molecule has 1 N–H and O–H groups in total. The normalized spacial score (nSPS) is 19.9. The maximum absolute atomic E-state index is 13.6. The van der Waals surface area contributed by atoms with Crippen molar-refractivity contribution in [2.75, 3.05) is 37.7 Å². The Kier molecular flexibility index (Phi) is 7.54. The van der Waals surface area contributed by atoms with Crippen molar-refractivity contribution in [2.45, 2.75) is 44.8 Å². The van der Waals surface area contributed by atoms with Crippen LogP contribution in [0.4, 0.5) is 10.1 Å². The Morgan fingerprint density at radius 1 is 1.13 bits per heavy atom. The van der Waals surface area contributed by atoms with Crippen LogP contribution in [0.25, 0.3) is 0 Å². The van der Waals surface area contributed by atoms with E-state index in [9.17, 15) is 4.39 Å². The van der Waals surface area contributed by atoms with Gasteiger partial charge < -0.3 is 19.7 Å². The third-order valence-corrected chi connectivity index (χ3v) is 6.18. The summed E-state index contributed by atoms with van der Waals surface area (Å²) in [5.74, 6) is 1.32. The lowest BCUT2D eigenvalue weighted by atomic mass is 9.94. The van der Waals surface area contributed by atoms with Crippen LogP contribution in [0.3, 0.4) is 0 Å². The van der Waals surface area contributed by atoms with Crippen LogP contribution in [0.5, 0.6) is 5.75 Å². The summed E-state index contributed by atoms with van der Waals surface area (Å²) in [7, 11) is 0. The lowest BCUT2D eigenvalue weighted by molar-refractivity contribution is 0.102. The number of pyridine rings is 1. The molecule has 3 heterocycles. The molecule has 0 unspecified atom stereocenters. The summed E-state index contributed by atoms with van der Waals surface area (Å²) in [5.41, 5.74) is 1.77. The molecule has 0 saturated carbocycles. The number of hydrogen-bond donors (Lipinski definition) is 1. The lowest BCUT2D eigenvalue weighted by Crippen LogP contribution is -2.34. The Morgan fingerprint density at radius 3 is 2.80 bits per heavy atom. The van der Waals surface area contributed by atoms with E-state index in [1.165, 1.54) is 18.9 Å². The number of anilines is 1. The molecule has 2 saturated heterocycles. The second-order valence-corrected chi connectivity index (χ2v) is 8.35. The second kappa shape index (κ2) is 10.7. The zero-order chi connectivity index (χ0) is 20.6. The van der Waals surface area contributed by atoms with Crippen molar-refractivity contribution in [1.29, 1.82) is 0 Å². The van der Waals surface area contributed by atoms with Crippen molar-refractivity contribution >= 4 is 5.69 Å². The van der Waals surface area contributed by atoms with Gasteiger partial charge in [0, 0.05) is 37.4 Å². The second-order valence-electron chi connectivity index (χ2n) is 8.35. The standard InChI is InChI=1S/C24H32FN3O2/c25-24-6-2-1-4-20(24)17-29-13-9-19-7-11-28(12-8-19)22-14-23(16-26-15-22)30-18-21-5-3-10-27-21/h1-2,4,6,14-16,19,21,27H,3,5,7-13,17-18H2/t21-/m0/s1. The van der Waals surface area contributed by atoms with Gasteiger partial charge in [0.15, 0.2) is 0 Å². The Bertz CT molecular complexity index is 790. The predicted molar refractivity (Wildman–Crippen MR) is 116 cm³/mol. The lowest BCUT2D eigenvalue weighted by Gasteiger charge is -2.33. The minimum absolute atomic E-state index is 0.190. The summed E-state index contributed by atoms with van der Waals surface area (Å²) in [6.07, 6.45) is 9.45. The van der Waals surface area contributed by atoms with E-state index < -0.39 is 0 Å². The van der Waals surface area contributed by atoms with Crippen LogP contribution in [0, 0.1) is 11.7 Å². The summed E-state index contributed by atoms with van der Waals surface area (Å²) in [6.45, 7) is 4.87. The van der Waals surface area contributed by atoms with Gasteiger partial charge in [-0.1, -0.05) is 18.2 Å². The first-order valence-electron chi connectivity index (χ1n) is 11.2. The minimum atomic E-state index is -0.190. The predicted octanol–water partition coefficient (Wildman–Crippen LogP) is 4.17. The van der Waals surface area contributed by atoms with Gasteiger partial charge in [0.2, 0.25) is 0 Å². The maximum Gasteiger partial charge on any atom is 0.139 e. The molecule has 2 aliphatic rings. The quantitative estimate of drug-likeness (QED) is 0.625. The SMILES string of the molecule is Fc1ccccc1COCCC1CCN(c2cncc(OC[C@@H]3CCCN3)c2)CC1. The van der Waals surface area contributed by atoms with Crippen molar-refractivity contribution in [1.82, 2.24) is 10.3 Å². The zero-order valence-corrected chi connectivity index (χ0v) is 17.6. The number of nitrogens with zero attached hydrogens (tertiary/aromatic N) is 2. The van der Waals surface area contributed by atoms with Crippen molar-refractivity contribution < 1.29 is 13.9 Å². The molecule has 1 atom stereocenters. The third-order valence-electron chi connectivity index (χ3n) is 6.18. The highest BCUT2D eigenvalue weighted by Crippen LogP contribution is 2.27. The number of piperidine rings is 1. The highest BCUT2D eigenvalue weighted by atomic mass is 19.1. The first-order chi connectivity index (χ1) is 14.8. The van der Waals surface area contributed by atoms with Crippen LogP contribution < -0.4 is 15.0 Å². The van der Waals surface area contributed by atoms with Gasteiger partial charge in [-0.05, 0) is 50.6 Å². The van der Waals surface area contributed by atoms with Crippen LogP contribution in [-0.4, -0.2) is 43.9 Å². The highest BCUT2D eigenvalue weighted by molar-refractivity contribution is 5.48. The number of benzene rings is 1. The molecule has 0 bridgehead atoms. The van der Waals surface area contributed by atoms with Crippen LogP contribution in [0.1, 0.15) is 37.7 Å². The van der Waals surface area contributed by atoms with Gasteiger partial charge in [0.1, 0.15) is 18.2 Å². The van der Waals surface area contributed by atoms with Crippen molar-refractivity contribution in [3.05, 3.63) is 54.1 Å². The van der Waals surface area contributed by atoms with E-state index in [2.05, 4.69) is 21.3 Å². The molecule has 2 aromatic rings. The summed E-state index contributed by atoms with van der Waals surface area (Å²) >= 11 is 0. The average molecular weight is 414 g/mol. The summed E-state index contributed by atoms with van der Waals surface area (Å²) in [6, 6.07) is 9.39. The van der Waals surface area contributed by atoms with Crippen LogP contribution in [-0.2, 0) is 11.3 Å². The molecule has 1 aromatic heterocycles. The first kappa shape index (κ1) is 21.1. The van der Waals surface area contributed by atoms with E-state index in [4.69, 9.17) is 9.47 Å². The molecule has 6 heteroatoms. The Morgan fingerprint density at radius 2 is 2.00 bits per heavy atom. The maximum atomic E-state index is 13.6. The van der Waals surface area contributed by atoms with Crippen LogP contribution in [0.2, 0.25) is 0 Å². The van der Waals surface area contributed by atoms with Crippen molar-refractivity contribution in [3.8, 4) is 5.75 Å². The summed E-state index contributed by atoms with van der Waals surface area (Å²) < 4.78 is 25.3. The molecule has 2 fully saturated rings. The van der Waals surface area contributed by atoms with Gasteiger partial charge in [-0.25, -0.2) is 4.39 Å². The number of nitrogens with one attached hydrogen (secondary N) is 1. The van der Waals surface area contributed by atoms with Crippen LogP contribution in [0.15, 0.2) is 42.7 Å². The van der Waals surface area contributed by atoms with E-state index >= 15 is 0 Å². The Labute approximate surface area is 178 Å². The molecule has 0 amide bonds. The first-order valence-corrected chi connectivity index (χ1v) is 11.2. The molecule has 0 spiro atoms. The van der Waals surface area contributed by atoms with E-state index in [-0.39, 0.29) is 5.82 Å². The van der Waals surface area contributed by atoms with Gasteiger partial charge in [-0.15, -0.1) is 0 Å². The minimum Gasteiger partial charge on any atom is -0.490 e. The monoisotopic (exact) mass is 413 g/mol. The molecule has 162 valence electrons. The molecule has 2 aliphatic heterocycles. The molecular weight excluding hydrogens is 381 g/mol. The van der Waals surface area contributed by atoms with Crippen molar-refractivity contribution in [2.24, 2.45) is 5.92 Å².